The molecule has 1 N–H and O–H groups in total. The fraction of sp³-hybridized carbons (Fsp3) is 0.200. The number of benzene rings is 3. The Kier molecular flexibility index (Phi) is 8.03. The van der Waals surface area contributed by atoms with Gasteiger partial charge in [0, 0.05) is 5.56 Å². The summed E-state index contributed by atoms with van der Waals surface area (Å²) >= 11 is 0. The Hall–Kier alpha value is -4.39. The summed E-state index contributed by atoms with van der Waals surface area (Å²) < 4.78 is 25.2. The van der Waals surface area contributed by atoms with Gasteiger partial charge in [-0.1, -0.05) is 48.0 Å². The third kappa shape index (κ3) is 6.25. The largest absolute Gasteiger partial charge is 0.490 e. The topological polar surface area (TPSA) is 67.9 Å². The maximum absolute atomic E-state index is 13.3. The van der Waals surface area contributed by atoms with Crippen molar-refractivity contribution in [2.45, 2.75) is 33.4 Å². The minimum Gasteiger partial charge on any atom is -0.490 e. The van der Waals surface area contributed by atoms with Crippen LogP contribution < -0.4 is 14.8 Å². The van der Waals surface area contributed by atoms with E-state index < -0.39 is 11.9 Å². The molecular weight excluding hydrogens is 471 g/mol. The molecule has 0 aliphatic carbocycles. The van der Waals surface area contributed by atoms with Crippen LogP contribution in [0.4, 0.5) is 9.18 Å². The average Bonchev–Trinajstić information content (AvgIpc) is 3.12. The molecule has 0 spiro atoms. The molecule has 4 rings (SSSR count). The maximum Gasteiger partial charge on any atom is 0.329 e. The highest BCUT2D eigenvalue weighted by molar-refractivity contribution is 6.13. The molecule has 3 aromatic rings. The van der Waals surface area contributed by atoms with E-state index in [0.717, 1.165) is 22.3 Å². The fourth-order valence-electron chi connectivity index (χ4n) is 4.11. The van der Waals surface area contributed by atoms with Crippen LogP contribution in [0.1, 0.15) is 34.7 Å². The van der Waals surface area contributed by atoms with Gasteiger partial charge in [0.15, 0.2) is 11.5 Å². The molecule has 1 aliphatic heterocycles. The van der Waals surface area contributed by atoms with E-state index in [1.807, 2.05) is 44.2 Å². The number of nitrogens with one attached hydrogen (secondary N) is 1. The number of carbonyl (C=O) groups is 2. The Morgan fingerprint density at radius 3 is 2.51 bits per heavy atom. The molecule has 3 amide bonds. The number of nitrogens with zero attached hydrogens (tertiary/aromatic N) is 1. The second kappa shape index (κ2) is 11.6. The molecule has 0 radical (unpaired) electrons. The van der Waals surface area contributed by atoms with Crippen LogP contribution in [0.15, 0.2) is 79.0 Å². The van der Waals surface area contributed by atoms with Crippen molar-refractivity contribution in [3.8, 4) is 11.5 Å². The lowest BCUT2D eigenvalue weighted by Gasteiger charge is -2.17. The Bertz CT molecular complexity index is 1350. The molecule has 1 saturated heterocycles. The molecule has 0 saturated carbocycles. The van der Waals surface area contributed by atoms with Crippen molar-refractivity contribution in [2.75, 3.05) is 6.61 Å². The summed E-state index contributed by atoms with van der Waals surface area (Å²) in [4.78, 5) is 26.8. The predicted octanol–water partition coefficient (Wildman–Crippen LogP) is 5.93. The molecule has 6 nitrogen and oxygen atoms in total. The third-order valence-corrected chi connectivity index (χ3v) is 5.81. The summed E-state index contributed by atoms with van der Waals surface area (Å²) in [5.74, 6) is 0.348. The zero-order chi connectivity index (χ0) is 26.4. The van der Waals surface area contributed by atoms with Crippen molar-refractivity contribution in [3.05, 3.63) is 113 Å². The number of allylic oxidation sites excluding steroid dienone is 1. The fourth-order valence-corrected chi connectivity index (χ4v) is 4.11. The van der Waals surface area contributed by atoms with Crippen molar-refractivity contribution in [1.29, 1.82) is 0 Å². The van der Waals surface area contributed by atoms with Crippen molar-refractivity contribution in [2.24, 2.45) is 0 Å². The van der Waals surface area contributed by atoms with Gasteiger partial charge >= 0.3 is 6.03 Å². The van der Waals surface area contributed by atoms with Crippen molar-refractivity contribution < 1.29 is 23.5 Å². The number of halogens is 1. The zero-order valence-corrected chi connectivity index (χ0v) is 20.9. The summed E-state index contributed by atoms with van der Waals surface area (Å²) in [5, 5.41) is 2.68. The summed E-state index contributed by atoms with van der Waals surface area (Å²) in [6, 6.07) is 17.0. The molecule has 190 valence electrons. The van der Waals surface area contributed by atoms with E-state index in [4.69, 9.17) is 9.47 Å². The summed E-state index contributed by atoms with van der Waals surface area (Å²) in [7, 11) is 0. The number of urea groups is 1. The van der Waals surface area contributed by atoms with E-state index in [9.17, 15) is 14.0 Å². The molecule has 0 bridgehead atoms. The summed E-state index contributed by atoms with van der Waals surface area (Å²) in [5.41, 5.74) is 4.41. The first-order valence-corrected chi connectivity index (χ1v) is 12.1. The van der Waals surface area contributed by atoms with Gasteiger partial charge in [-0.25, -0.2) is 9.18 Å². The first-order chi connectivity index (χ1) is 17.9. The number of carbonyl (C=O) groups excluding carboxylic acids is 2. The van der Waals surface area contributed by atoms with Gasteiger partial charge in [0.25, 0.3) is 5.91 Å². The van der Waals surface area contributed by atoms with Gasteiger partial charge in [-0.15, -0.1) is 6.58 Å². The first kappa shape index (κ1) is 25.7. The van der Waals surface area contributed by atoms with Gasteiger partial charge in [-0.2, -0.15) is 0 Å². The minimum absolute atomic E-state index is 0.185. The quantitative estimate of drug-likeness (QED) is 0.213. The lowest BCUT2D eigenvalue weighted by atomic mass is 10.0. The van der Waals surface area contributed by atoms with E-state index >= 15 is 0 Å². The molecule has 0 atom stereocenters. The molecule has 1 aliphatic rings. The van der Waals surface area contributed by atoms with Crippen LogP contribution in [-0.2, 0) is 24.4 Å². The Balaban J connectivity index is 1.61. The molecular formula is C30H29FN2O4. The van der Waals surface area contributed by atoms with Crippen molar-refractivity contribution in [3.63, 3.8) is 0 Å². The maximum atomic E-state index is 13.3. The van der Waals surface area contributed by atoms with E-state index in [1.54, 1.807) is 30.4 Å². The highest BCUT2D eigenvalue weighted by Crippen LogP contribution is 2.35. The van der Waals surface area contributed by atoms with E-state index in [2.05, 4.69) is 11.9 Å². The SMILES string of the molecule is C=CCc1cc(/C=C2/NC(=O)N(Cc3cccc(C)c3)C2=O)cc(OCC)c1OCc1ccc(F)cc1. The lowest BCUT2D eigenvalue weighted by molar-refractivity contribution is -0.123. The van der Waals surface area contributed by atoms with Crippen LogP contribution in [0.2, 0.25) is 0 Å². The number of ether oxygens (including phenoxy) is 2. The van der Waals surface area contributed by atoms with Crippen LogP contribution in [0.5, 0.6) is 11.5 Å². The van der Waals surface area contributed by atoms with Gasteiger partial charge in [-0.3, -0.25) is 9.69 Å². The standard InChI is InChI=1S/C30H29FN2O4/c1-4-7-24-15-23(17-27(36-5-2)28(24)37-19-21-10-12-25(31)13-11-21)16-26-29(34)33(30(35)32-26)18-22-9-6-8-20(3)14-22/h4,6,8-17H,1,5,7,18-19H2,2-3H3,(H,32,35)/b26-16+. The van der Waals surface area contributed by atoms with Crippen LogP contribution in [0, 0.1) is 12.7 Å². The van der Waals surface area contributed by atoms with Crippen molar-refractivity contribution >= 4 is 18.0 Å². The molecule has 1 fully saturated rings. The molecule has 7 heteroatoms. The van der Waals surface area contributed by atoms with Gasteiger partial charge in [0.2, 0.25) is 0 Å². The van der Waals surface area contributed by atoms with Gasteiger partial charge in [0.1, 0.15) is 18.1 Å². The third-order valence-electron chi connectivity index (χ3n) is 5.81. The van der Waals surface area contributed by atoms with Crippen molar-refractivity contribution in [1.82, 2.24) is 10.2 Å². The number of aryl methyl sites for hydroxylation is 1. The van der Waals surface area contributed by atoms with E-state index in [-0.39, 0.29) is 24.7 Å². The summed E-state index contributed by atoms with van der Waals surface area (Å²) in [6.45, 7) is 8.49. The van der Waals surface area contributed by atoms with Crippen LogP contribution in [0.25, 0.3) is 6.08 Å². The van der Waals surface area contributed by atoms with Gasteiger partial charge < -0.3 is 14.8 Å². The average molecular weight is 501 g/mol. The minimum atomic E-state index is -0.464. The smallest absolute Gasteiger partial charge is 0.329 e. The highest BCUT2D eigenvalue weighted by Gasteiger charge is 2.33. The Morgan fingerprint density at radius 2 is 1.81 bits per heavy atom. The lowest BCUT2D eigenvalue weighted by Crippen LogP contribution is -2.30. The summed E-state index contributed by atoms with van der Waals surface area (Å²) in [6.07, 6.45) is 3.88. The van der Waals surface area contributed by atoms with Crippen LogP contribution in [-0.4, -0.2) is 23.4 Å². The molecule has 1 heterocycles. The number of hydrogen-bond acceptors (Lipinski definition) is 4. The van der Waals surface area contributed by atoms with Gasteiger partial charge in [0.05, 0.1) is 13.2 Å². The zero-order valence-electron chi connectivity index (χ0n) is 20.9. The second-order valence-electron chi connectivity index (χ2n) is 8.72. The normalized spacial score (nSPS) is 14.1. The number of rotatable bonds is 10. The molecule has 37 heavy (non-hydrogen) atoms. The number of imide groups is 1. The molecule has 0 aromatic heterocycles. The second-order valence-corrected chi connectivity index (χ2v) is 8.72. The molecule has 3 aromatic carbocycles. The number of hydrogen-bond donors (Lipinski definition) is 1. The monoisotopic (exact) mass is 500 g/mol. The van der Waals surface area contributed by atoms with E-state index in [0.29, 0.717) is 30.1 Å². The van der Waals surface area contributed by atoms with Crippen LogP contribution in [0.3, 0.4) is 0 Å². The molecule has 0 unspecified atom stereocenters. The van der Waals surface area contributed by atoms with Crippen LogP contribution >= 0.6 is 0 Å². The Morgan fingerprint density at radius 1 is 1.03 bits per heavy atom. The highest BCUT2D eigenvalue weighted by atomic mass is 19.1. The Labute approximate surface area is 216 Å². The van der Waals surface area contributed by atoms with E-state index in [1.165, 1.54) is 17.0 Å². The number of amides is 3. The van der Waals surface area contributed by atoms with Gasteiger partial charge in [-0.05, 0) is 67.3 Å². The predicted molar refractivity (Wildman–Crippen MR) is 140 cm³/mol. The first-order valence-electron chi connectivity index (χ1n) is 12.1.